The molecule has 4 heteroatoms. The van der Waals surface area contributed by atoms with E-state index < -0.39 is 0 Å². The summed E-state index contributed by atoms with van der Waals surface area (Å²) in [7, 11) is 0. The molecule has 3 nitrogen and oxygen atoms in total. The van der Waals surface area contributed by atoms with Crippen LogP contribution in [0.4, 0.5) is 5.69 Å². The summed E-state index contributed by atoms with van der Waals surface area (Å²) >= 11 is 5.86. The maximum atomic E-state index is 12.4. The molecule has 0 unspecified atom stereocenters. The number of rotatable bonds is 5. The molecule has 3 aromatic rings. The lowest BCUT2D eigenvalue weighted by Gasteiger charge is -2.09. The minimum Gasteiger partial charge on any atom is -0.320 e. The zero-order valence-electron chi connectivity index (χ0n) is 14.0. The van der Waals surface area contributed by atoms with Crippen LogP contribution in [-0.2, 0) is 11.2 Å². The van der Waals surface area contributed by atoms with E-state index in [1.54, 1.807) is 24.3 Å². The molecule has 1 amide bonds. The Kier molecular flexibility index (Phi) is 5.46. The quantitative estimate of drug-likeness (QED) is 0.678. The molecular weight excluding hydrogens is 332 g/mol. The summed E-state index contributed by atoms with van der Waals surface area (Å²) in [6.07, 6.45) is 4.78. The molecule has 1 atom stereocenters. The van der Waals surface area contributed by atoms with E-state index in [1.165, 1.54) is 11.1 Å². The molecule has 126 valence electrons. The maximum Gasteiger partial charge on any atom is 0.293 e. The Hall–Kier alpha value is -2.65. The summed E-state index contributed by atoms with van der Waals surface area (Å²) in [6.45, 7) is 1.88. The Morgan fingerprint density at radius 1 is 0.960 bits per heavy atom. The van der Waals surface area contributed by atoms with Crippen molar-refractivity contribution in [3.63, 3.8) is 0 Å². The van der Waals surface area contributed by atoms with Crippen LogP contribution in [-0.4, -0.2) is 5.91 Å². The fourth-order valence-corrected chi connectivity index (χ4v) is 2.72. The number of benzene rings is 2. The van der Waals surface area contributed by atoms with E-state index in [9.17, 15) is 4.79 Å². The number of carbonyl (C=O) groups is 1. The molecule has 3 rings (SSSR count). The van der Waals surface area contributed by atoms with Crippen LogP contribution in [0.2, 0.25) is 5.02 Å². The molecule has 0 bridgehead atoms. The molecule has 0 aliphatic rings. The van der Waals surface area contributed by atoms with Gasteiger partial charge in [-0.05, 0) is 41.8 Å². The monoisotopic (exact) mass is 351 g/mol. The molecule has 0 aliphatic heterocycles. The van der Waals surface area contributed by atoms with Gasteiger partial charge >= 0.3 is 0 Å². The van der Waals surface area contributed by atoms with Crippen molar-refractivity contribution in [3.8, 4) is 0 Å². The first-order valence-electron chi connectivity index (χ1n) is 8.22. The zero-order valence-corrected chi connectivity index (χ0v) is 14.8. The van der Waals surface area contributed by atoms with Crippen LogP contribution >= 0.6 is 11.6 Å². The minimum absolute atomic E-state index is 0.0665. The van der Waals surface area contributed by atoms with Crippen molar-refractivity contribution in [3.05, 3.63) is 95.3 Å². The first-order chi connectivity index (χ1) is 12.1. The van der Waals surface area contributed by atoms with Gasteiger partial charge in [0.15, 0.2) is 12.4 Å². The standard InChI is InChI=1S/C21H19ClN2O/c1-16(21(25)23-20-9-7-19(22)8-10-20)24-13-11-18(12-14-24)15-17-5-3-2-4-6-17/h2-14,16H,15H2,1H3/p+1/t16-/m1/s1. The van der Waals surface area contributed by atoms with Crippen molar-refractivity contribution in [1.82, 2.24) is 0 Å². The van der Waals surface area contributed by atoms with Crippen LogP contribution in [0.1, 0.15) is 24.1 Å². The second-order valence-electron chi connectivity index (χ2n) is 5.99. The van der Waals surface area contributed by atoms with Crippen LogP contribution in [0.5, 0.6) is 0 Å². The Labute approximate surface area is 152 Å². The number of hydrogen-bond acceptors (Lipinski definition) is 1. The second-order valence-corrected chi connectivity index (χ2v) is 6.42. The lowest BCUT2D eigenvalue weighted by Crippen LogP contribution is -2.44. The van der Waals surface area contributed by atoms with Crippen molar-refractivity contribution in [2.24, 2.45) is 0 Å². The van der Waals surface area contributed by atoms with Gasteiger partial charge in [0, 0.05) is 29.8 Å². The van der Waals surface area contributed by atoms with Gasteiger partial charge in [-0.25, -0.2) is 0 Å². The van der Waals surface area contributed by atoms with Crippen molar-refractivity contribution in [2.75, 3.05) is 5.32 Å². The van der Waals surface area contributed by atoms with E-state index in [0.29, 0.717) is 5.02 Å². The molecule has 0 saturated carbocycles. The molecule has 1 N–H and O–H groups in total. The Balaban J connectivity index is 1.64. The van der Waals surface area contributed by atoms with E-state index in [1.807, 2.05) is 42.1 Å². The molecule has 0 fully saturated rings. The highest BCUT2D eigenvalue weighted by atomic mass is 35.5. The van der Waals surface area contributed by atoms with Gasteiger partial charge in [-0.3, -0.25) is 4.79 Å². The highest BCUT2D eigenvalue weighted by Crippen LogP contribution is 2.14. The number of amides is 1. The van der Waals surface area contributed by atoms with Gasteiger partial charge in [-0.15, -0.1) is 0 Å². The van der Waals surface area contributed by atoms with Gasteiger partial charge in [0.2, 0.25) is 6.04 Å². The van der Waals surface area contributed by atoms with E-state index in [2.05, 4.69) is 29.6 Å². The number of halogens is 1. The maximum absolute atomic E-state index is 12.4. The molecule has 2 aromatic carbocycles. The number of carbonyl (C=O) groups excluding carboxylic acids is 1. The molecular formula is C21H20ClN2O+. The van der Waals surface area contributed by atoms with Gasteiger partial charge in [0.1, 0.15) is 0 Å². The van der Waals surface area contributed by atoms with E-state index in [-0.39, 0.29) is 11.9 Å². The molecule has 0 saturated heterocycles. The van der Waals surface area contributed by atoms with Crippen molar-refractivity contribution in [1.29, 1.82) is 0 Å². The van der Waals surface area contributed by atoms with Crippen molar-refractivity contribution in [2.45, 2.75) is 19.4 Å². The number of nitrogens with zero attached hydrogens (tertiary/aromatic N) is 1. The summed E-state index contributed by atoms with van der Waals surface area (Å²) in [4.78, 5) is 12.4. The first kappa shape index (κ1) is 17.2. The first-order valence-corrected chi connectivity index (χ1v) is 8.59. The van der Waals surface area contributed by atoms with Gasteiger partial charge in [-0.2, -0.15) is 4.57 Å². The van der Waals surface area contributed by atoms with Gasteiger partial charge in [0.05, 0.1) is 0 Å². The number of aromatic nitrogens is 1. The lowest BCUT2D eigenvalue weighted by atomic mass is 10.1. The number of nitrogens with one attached hydrogen (secondary N) is 1. The molecule has 25 heavy (non-hydrogen) atoms. The van der Waals surface area contributed by atoms with E-state index in [0.717, 1.165) is 12.1 Å². The van der Waals surface area contributed by atoms with Crippen LogP contribution in [0.15, 0.2) is 79.1 Å². The topological polar surface area (TPSA) is 33.0 Å². The predicted molar refractivity (Wildman–Crippen MR) is 101 cm³/mol. The molecule has 0 radical (unpaired) electrons. The van der Waals surface area contributed by atoms with E-state index in [4.69, 9.17) is 11.6 Å². The second kappa shape index (κ2) is 7.95. The Morgan fingerprint density at radius 3 is 2.20 bits per heavy atom. The third-order valence-electron chi connectivity index (χ3n) is 4.11. The number of anilines is 1. The normalized spacial score (nSPS) is 11.8. The highest BCUT2D eigenvalue weighted by Gasteiger charge is 2.21. The minimum atomic E-state index is -0.304. The van der Waals surface area contributed by atoms with E-state index >= 15 is 0 Å². The number of pyridine rings is 1. The largest absolute Gasteiger partial charge is 0.320 e. The van der Waals surface area contributed by atoms with Crippen LogP contribution in [0, 0.1) is 0 Å². The van der Waals surface area contributed by atoms with Crippen LogP contribution < -0.4 is 9.88 Å². The Morgan fingerprint density at radius 2 is 1.56 bits per heavy atom. The van der Waals surface area contributed by atoms with Gasteiger partial charge in [-0.1, -0.05) is 41.9 Å². The summed E-state index contributed by atoms with van der Waals surface area (Å²) in [5.41, 5.74) is 3.23. The third-order valence-corrected chi connectivity index (χ3v) is 4.36. The van der Waals surface area contributed by atoms with Crippen LogP contribution in [0.3, 0.4) is 0 Å². The summed E-state index contributed by atoms with van der Waals surface area (Å²) in [6, 6.07) is 21.2. The van der Waals surface area contributed by atoms with Crippen LogP contribution in [0.25, 0.3) is 0 Å². The molecule has 1 heterocycles. The average Bonchev–Trinajstić information content (AvgIpc) is 2.64. The fraction of sp³-hybridized carbons (Fsp3) is 0.143. The fourth-order valence-electron chi connectivity index (χ4n) is 2.59. The number of hydrogen-bond donors (Lipinski definition) is 1. The van der Waals surface area contributed by atoms with Crippen molar-refractivity contribution < 1.29 is 9.36 Å². The third kappa shape index (κ3) is 4.68. The van der Waals surface area contributed by atoms with Crippen molar-refractivity contribution >= 4 is 23.2 Å². The lowest BCUT2D eigenvalue weighted by molar-refractivity contribution is -0.705. The smallest absolute Gasteiger partial charge is 0.293 e. The molecule has 1 aromatic heterocycles. The SMILES string of the molecule is C[C@H](C(=O)Nc1ccc(Cl)cc1)[n+]1ccc(Cc2ccccc2)cc1. The van der Waals surface area contributed by atoms with Gasteiger partial charge < -0.3 is 5.32 Å². The van der Waals surface area contributed by atoms with Gasteiger partial charge in [0.25, 0.3) is 5.91 Å². The zero-order chi connectivity index (χ0) is 17.6. The molecule has 0 aliphatic carbocycles. The highest BCUT2D eigenvalue weighted by molar-refractivity contribution is 6.30. The summed E-state index contributed by atoms with van der Waals surface area (Å²) in [5, 5.41) is 3.55. The molecule has 0 spiro atoms. The summed E-state index contributed by atoms with van der Waals surface area (Å²) < 4.78 is 1.90. The average molecular weight is 352 g/mol. The Bertz CT molecular complexity index is 830. The predicted octanol–water partition coefficient (Wildman–Crippen LogP) is 4.42. The summed E-state index contributed by atoms with van der Waals surface area (Å²) in [5.74, 6) is -0.0665.